The highest BCUT2D eigenvalue weighted by Gasteiger charge is 2.52. The predicted molar refractivity (Wildman–Crippen MR) is 56.7 cm³/mol. The number of carbonyl (C=O) groups excluding carboxylic acids is 1. The SMILES string of the molecule is COC(=O)C1(N2CCN(C(=O)O)CC2)COC1. The molecule has 0 bridgehead atoms. The summed E-state index contributed by atoms with van der Waals surface area (Å²) in [6.45, 7) is 2.54. The zero-order valence-electron chi connectivity index (χ0n) is 9.72. The molecule has 2 aliphatic rings. The zero-order valence-corrected chi connectivity index (χ0v) is 9.72. The fourth-order valence-corrected chi connectivity index (χ4v) is 2.24. The van der Waals surface area contributed by atoms with Crippen LogP contribution in [0.3, 0.4) is 0 Å². The largest absolute Gasteiger partial charge is 0.467 e. The Morgan fingerprint density at radius 3 is 2.18 bits per heavy atom. The number of hydrogen-bond donors (Lipinski definition) is 1. The van der Waals surface area contributed by atoms with Crippen molar-refractivity contribution in [3.05, 3.63) is 0 Å². The third-order valence-corrected chi connectivity index (χ3v) is 3.40. The lowest BCUT2D eigenvalue weighted by Crippen LogP contribution is -2.70. The van der Waals surface area contributed by atoms with Crippen molar-refractivity contribution in [2.24, 2.45) is 0 Å². The number of rotatable bonds is 2. The van der Waals surface area contributed by atoms with Gasteiger partial charge in [0.2, 0.25) is 0 Å². The number of nitrogens with zero attached hydrogens (tertiary/aromatic N) is 2. The van der Waals surface area contributed by atoms with Gasteiger partial charge in [-0.05, 0) is 0 Å². The van der Waals surface area contributed by atoms with E-state index in [1.165, 1.54) is 12.0 Å². The molecule has 0 aromatic carbocycles. The average Bonchev–Trinajstić information content (AvgIpc) is 2.28. The molecule has 1 amide bonds. The molecule has 7 nitrogen and oxygen atoms in total. The predicted octanol–water partition coefficient (Wildman–Crippen LogP) is -0.776. The van der Waals surface area contributed by atoms with Gasteiger partial charge in [0, 0.05) is 26.2 Å². The Labute approximate surface area is 98.9 Å². The molecule has 2 heterocycles. The molecule has 0 radical (unpaired) electrons. The van der Waals surface area contributed by atoms with Gasteiger partial charge in [-0.25, -0.2) is 9.59 Å². The van der Waals surface area contributed by atoms with Gasteiger partial charge >= 0.3 is 12.1 Å². The second-order valence-electron chi connectivity index (χ2n) is 4.27. The van der Waals surface area contributed by atoms with Crippen LogP contribution in [0.4, 0.5) is 4.79 Å². The Morgan fingerprint density at radius 2 is 1.82 bits per heavy atom. The summed E-state index contributed by atoms with van der Waals surface area (Å²) in [5.41, 5.74) is -0.695. The molecule has 2 rings (SSSR count). The average molecular weight is 244 g/mol. The van der Waals surface area contributed by atoms with Crippen LogP contribution in [0.2, 0.25) is 0 Å². The van der Waals surface area contributed by atoms with Gasteiger partial charge in [-0.1, -0.05) is 0 Å². The molecule has 2 fully saturated rings. The van der Waals surface area contributed by atoms with Crippen molar-refractivity contribution < 1.29 is 24.2 Å². The van der Waals surface area contributed by atoms with Gasteiger partial charge in [-0.2, -0.15) is 0 Å². The smallest absolute Gasteiger partial charge is 0.407 e. The molecule has 0 aromatic heterocycles. The van der Waals surface area contributed by atoms with Crippen molar-refractivity contribution in [3.8, 4) is 0 Å². The minimum atomic E-state index is -0.915. The Bertz CT molecular complexity index is 321. The Kier molecular flexibility index (Phi) is 3.21. The summed E-state index contributed by atoms with van der Waals surface area (Å²) in [5, 5.41) is 8.84. The quantitative estimate of drug-likeness (QED) is 0.642. The van der Waals surface area contributed by atoms with Crippen LogP contribution in [0, 0.1) is 0 Å². The Morgan fingerprint density at radius 1 is 1.24 bits per heavy atom. The number of amides is 1. The molecule has 0 spiro atoms. The lowest BCUT2D eigenvalue weighted by atomic mass is 9.94. The lowest BCUT2D eigenvalue weighted by molar-refractivity contribution is -0.193. The van der Waals surface area contributed by atoms with Gasteiger partial charge in [0.15, 0.2) is 5.54 Å². The van der Waals surface area contributed by atoms with Gasteiger partial charge in [-0.15, -0.1) is 0 Å². The van der Waals surface area contributed by atoms with Crippen LogP contribution in [0.15, 0.2) is 0 Å². The van der Waals surface area contributed by atoms with Crippen molar-refractivity contribution in [3.63, 3.8) is 0 Å². The number of hydrogen-bond acceptors (Lipinski definition) is 5. The van der Waals surface area contributed by atoms with Crippen molar-refractivity contribution in [2.45, 2.75) is 5.54 Å². The van der Waals surface area contributed by atoms with Crippen molar-refractivity contribution in [1.82, 2.24) is 9.80 Å². The van der Waals surface area contributed by atoms with Gasteiger partial charge in [0.25, 0.3) is 0 Å². The van der Waals surface area contributed by atoms with E-state index < -0.39 is 11.6 Å². The zero-order chi connectivity index (χ0) is 12.5. The molecule has 0 saturated carbocycles. The van der Waals surface area contributed by atoms with Crippen LogP contribution >= 0.6 is 0 Å². The maximum Gasteiger partial charge on any atom is 0.407 e. The van der Waals surface area contributed by atoms with Gasteiger partial charge in [0.1, 0.15) is 0 Å². The molecular formula is C10H16N2O5. The molecule has 17 heavy (non-hydrogen) atoms. The van der Waals surface area contributed by atoms with Crippen molar-refractivity contribution >= 4 is 12.1 Å². The van der Waals surface area contributed by atoms with E-state index in [4.69, 9.17) is 14.6 Å². The van der Waals surface area contributed by atoms with Crippen LogP contribution in [-0.4, -0.2) is 79.0 Å². The minimum Gasteiger partial charge on any atom is -0.467 e. The minimum absolute atomic E-state index is 0.299. The van der Waals surface area contributed by atoms with Crippen LogP contribution in [-0.2, 0) is 14.3 Å². The van der Waals surface area contributed by atoms with E-state index in [0.717, 1.165) is 0 Å². The molecule has 1 N–H and O–H groups in total. The van der Waals surface area contributed by atoms with Crippen molar-refractivity contribution in [1.29, 1.82) is 0 Å². The highest BCUT2D eigenvalue weighted by molar-refractivity contribution is 5.82. The van der Waals surface area contributed by atoms with E-state index in [1.807, 2.05) is 4.90 Å². The van der Waals surface area contributed by atoms with E-state index in [-0.39, 0.29) is 5.97 Å². The maximum absolute atomic E-state index is 11.8. The third-order valence-electron chi connectivity index (χ3n) is 3.40. The van der Waals surface area contributed by atoms with Crippen molar-refractivity contribution in [2.75, 3.05) is 46.5 Å². The summed E-state index contributed by atoms with van der Waals surface area (Å²) in [6, 6.07) is 0. The highest BCUT2D eigenvalue weighted by atomic mass is 16.6. The summed E-state index contributed by atoms with van der Waals surface area (Å²) in [5.74, 6) is -0.299. The number of carboxylic acid groups (broad SMARTS) is 1. The first kappa shape index (κ1) is 12.1. The normalized spacial score (nSPS) is 23.9. The molecule has 2 saturated heterocycles. The molecule has 2 aliphatic heterocycles. The molecular weight excluding hydrogens is 228 g/mol. The summed E-state index contributed by atoms with van der Waals surface area (Å²) in [6.07, 6.45) is -0.915. The third kappa shape index (κ3) is 1.96. The molecule has 7 heteroatoms. The topological polar surface area (TPSA) is 79.3 Å². The van der Waals surface area contributed by atoms with E-state index in [1.54, 1.807) is 0 Å². The van der Waals surface area contributed by atoms with Gasteiger partial charge < -0.3 is 19.5 Å². The summed E-state index contributed by atoms with van der Waals surface area (Å²) >= 11 is 0. The van der Waals surface area contributed by atoms with Crippen LogP contribution < -0.4 is 0 Å². The molecule has 0 atom stereocenters. The fraction of sp³-hybridized carbons (Fsp3) is 0.800. The summed E-state index contributed by atoms with van der Waals surface area (Å²) < 4.78 is 9.91. The number of piperazine rings is 1. The number of esters is 1. The second-order valence-corrected chi connectivity index (χ2v) is 4.27. The Hall–Kier alpha value is -1.34. The lowest BCUT2D eigenvalue weighted by Gasteiger charge is -2.49. The van der Waals surface area contributed by atoms with E-state index in [9.17, 15) is 9.59 Å². The standard InChI is InChI=1S/C10H16N2O5/c1-16-8(13)10(6-17-7-10)12-4-2-11(3-5-12)9(14)15/h2-7H2,1H3,(H,14,15). The highest BCUT2D eigenvalue weighted by Crippen LogP contribution is 2.27. The van der Waals surface area contributed by atoms with Gasteiger partial charge in [0.05, 0.1) is 20.3 Å². The number of carbonyl (C=O) groups is 2. The molecule has 96 valence electrons. The molecule has 0 aromatic rings. The van der Waals surface area contributed by atoms with Crippen LogP contribution in [0.1, 0.15) is 0 Å². The van der Waals surface area contributed by atoms with E-state index >= 15 is 0 Å². The maximum atomic E-state index is 11.8. The van der Waals surface area contributed by atoms with E-state index in [2.05, 4.69) is 0 Å². The molecule has 0 aliphatic carbocycles. The van der Waals surface area contributed by atoms with Crippen LogP contribution in [0.5, 0.6) is 0 Å². The second kappa shape index (κ2) is 4.50. The first-order valence-corrected chi connectivity index (χ1v) is 5.49. The van der Waals surface area contributed by atoms with Crippen LogP contribution in [0.25, 0.3) is 0 Å². The van der Waals surface area contributed by atoms with Gasteiger partial charge in [-0.3, -0.25) is 4.90 Å². The Balaban J connectivity index is 1.99. The fourth-order valence-electron chi connectivity index (χ4n) is 2.24. The monoisotopic (exact) mass is 244 g/mol. The number of methoxy groups -OCH3 is 1. The van der Waals surface area contributed by atoms with E-state index in [0.29, 0.717) is 39.4 Å². The summed E-state index contributed by atoms with van der Waals surface area (Å²) in [4.78, 5) is 25.8. The first-order chi connectivity index (χ1) is 8.10. The first-order valence-electron chi connectivity index (χ1n) is 5.49. The number of ether oxygens (including phenoxy) is 2. The molecule has 0 unspecified atom stereocenters. The summed E-state index contributed by atoms with van der Waals surface area (Å²) in [7, 11) is 1.36.